The standard InChI is InChI=1S/C30H40N4O6/c31-23(27(35)34-19-9-15-25(34)29(37)38)14-7-8-18-33(28(36)24(32)20-22-12-5-2-6-13-22)26(30(39)40)17-16-21-10-3-1-4-11-21/h1-6,10-13,23-26H,7-9,14-20,31-32H2,(H,37,38)(H,39,40)/t23-,24-,25-,26-/m0/s1. The number of amides is 2. The Balaban J connectivity index is 1.65. The van der Waals surface area contributed by atoms with Crippen molar-refractivity contribution in [3.8, 4) is 0 Å². The number of hydrogen-bond donors (Lipinski definition) is 4. The molecule has 2 aromatic rings. The summed E-state index contributed by atoms with van der Waals surface area (Å²) in [6.07, 6.45) is 3.19. The number of carbonyl (C=O) groups is 4. The van der Waals surface area contributed by atoms with E-state index in [0.29, 0.717) is 45.1 Å². The average Bonchev–Trinajstić information content (AvgIpc) is 3.45. The van der Waals surface area contributed by atoms with E-state index in [0.717, 1.165) is 11.1 Å². The van der Waals surface area contributed by atoms with Gasteiger partial charge in [0, 0.05) is 13.1 Å². The summed E-state index contributed by atoms with van der Waals surface area (Å²) in [7, 11) is 0. The van der Waals surface area contributed by atoms with Gasteiger partial charge in [-0.3, -0.25) is 9.59 Å². The molecule has 10 nitrogen and oxygen atoms in total. The number of carbonyl (C=O) groups excluding carboxylic acids is 2. The van der Waals surface area contributed by atoms with E-state index in [2.05, 4.69) is 0 Å². The Bertz CT molecular complexity index is 1130. The second-order valence-corrected chi connectivity index (χ2v) is 10.3. The van der Waals surface area contributed by atoms with E-state index < -0.39 is 47.9 Å². The first-order valence-electron chi connectivity index (χ1n) is 13.8. The van der Waals surface area contributed by atoms with E-state index in [9.17, 15) is 29.4 Å². The maximum absolute atomic E-state index is 13.5. The van der Waals surface area contributed by atoms with Gasteiger partial charge >= 0.3 is 11.9 Å². The molecule has 0 bridgehead atoms. The zero-order valence-electron chi connectivity index (χ0n) is 22.7. The van der Waals surface area contributed by atoms with E-state index >= 15 is 0 Å². The third-order valence-corrected chi connectivity index (χ3v) is 7.41. The first-order valence-corrected chi connectivity index (χ1v) is 13.8. The van der Waals surface area contributed by atoms with Crippen LogP contribution in [0, 0.1) is 0 Å². The summed E-state index contributed by atoms with van der Waals surface area (Å²) >= 11 is 0. The molecule has 216 valence electrons. The van der Waals surface area contributed by atoms with E-state index in [-0.39, 0.29) is 19.4 Å². The minimum atomic E-state index is -1.10. The van der Waals surface area contributed by atoms with Crippen LogP contribution in [0.25, 0.3) is 0 Å². The van der Waals surface area contributed by atoms with Crippen molar-refractivity contribution < 1.29 is 29.4 Å². The van der Waals surface area contributed by atoms with Crippen LogP contribution in [-0.2, 0) is 32.0 Å². The fraction of sp³-hybridized carbons (Fsp3) is 0.467. The molecule has 1 aliphatic heterocycles. The van der Waals surface area contributed by atoms with Gasteiger partial charge in [0.15, 0.2) is 0 Å². The van der Waals surface area contributed by atoms with Crippen molar-refractivity contribution in [1.82, 2.24) is 9.80 Å². The summed E-state index contributed by atoms with van der Waals surface area (Å²) in [5, 5.41) is 19.5. The normalized spacial score (nSPS) is 17.1. The number of aliphatic carboxylic acids is 2. The Morgan fingerprint density at radius 3 is 2.10 bits per heavy atom. The van der Waals surface area contributed by atoms with Crippen molar-refractivity contribution in [3.05, 3.63) is 71.8 Å². The lowest BCUT2D eigenvalue weighted by molar-refractivity contribution is -0.151. The van der Waals surface area contributed by atoms with Gasteiger partial charge in [-0.05, 0) is 62.5 Å². The molecule has 2 amide bonds. The topological polar surface area (TPSA) is 167 Å². The van der Waals surface area contributed by atoms with Crippen LogP contribution in [-0.4, -0.2) is 81.0 Å². The molecule has 0 aromatic heterocycles. The highest BCUT2D eigenvalue weighted by Gasteiger charge is 2.36. The first kappa shape index (κ1) is 30.8. The minimum absolute atomic E-state index is 0.148. The molecule has 4 atom stereocenters. The molecule has 1 heterocycles. The Morgan fingerprint density at radius 2 is 1.50 bits per heavy atom. The van der Waals surface area contributed by atoms with E-state index in [1.54, 1.807) is 0 Å². The van der Waals surface area contributed by atoms with Crippen molar-refractivity contribution in [2.45, 2.75) is 75.5 Å². The maximum atomic E-state index is 13.5. The predicted octanol–water partition coefficient (Wildman–Crippen LogP) is 2.04. The Labute approximate surface area is 234 Å². The number of benzene rings is 2. The van der Waals surface area contributed by atoms with Gasteiger partial charge in [-0.1, -0.05) is 60.7 Å². The molecule has 0 unspecified atom stereocenters. The highest BCUT2D eigenvalue weighted by atomic mass is 16.4. The highest BCUT2D eigenvalue weighted by Crippen LogP contribution is 2.20. The van der Waals surface area contributed by atoms with Crippen molar-refractivity contribution in [1.29, 1.82) is 0 Å². The number of carboxylic acid groups (broad SMARTS) is 2. The second-order valence-electron chi connectivity index (χ2n) is 10.3. The van der Waals surface area contributed by atoms with Gasteiger partial charge in [0.1, 0.15) is 12.1 Å². The third kappa shape index (κ3) is 8.62. The van der Waals surface area contributed by atoms with Crippen LogP contribution >= 0.6 is 0 Å². The molecule has 6 N–H and O–H groups in total. The SMILES string of the molecule is N[C@@H](CCCCN(C(=O)[C@@H](N)Cc1ccccc1)[C@@H](CCc1ccccc1)C(=O)O)C(=O)N1CCC[C@H]1C(=O)O. The molecule has 0 spiro atoms. The summed E-state index contributed by atoms with van der Waals surface area (Å²) in [4.78, 5) is 52.7. The summed E-state index contributed by atoms with van der Waals surface area (Å²) < 4.78 is 0. The number of carboxylic acids is 2. The number of aryl methyl sites for hydroxylation is 1. The smallest absolute Gasteiger partial charge is 0.326 e. The van der Waals surface area contributed by atoms with Crippen LogP contribution in [0.1, 0.15) is 49.7 Å². The number of unbranched alkanes of at least 4 members (excludes halogenated alkanes) is 1. The molecule has 1 aliphatic rings. The monoisotopic (exact) mass is 552 g/mol. The number of nitrogens with zero attached hydrogens (tertiary/aromatic N) is 2. The van der Waals surface area contributed by atoms with E-state index in [1.165, 1.54) is 9.80 Å². The number of likely N-dealkylation sites (tertiary alicyclic amines) is 1. The molecule has 0 saturated carbocycles. The van der Waals surface area contributed by atoms with Crippen LogP contribution in [0.2, 0.25) is 0 Å². The zero-order valence-corrected chi connectivity index (χ0v) is 22.7. The Morgan fingerprint density at radius 1 is 0.875 bits per heavy atom. The van der Waals surface area contributed by atoms with Gasteiger partial charge in [0.25, 0.3) is 0 Å². The molecular weight excluding hydrogens is 512 g/mol. The van der Waals surface area contributed by atoms with Gasteiger partial charge in [0.05, 0.1) is 12.1 Å². The van der Waals surface area contributed by atoms with Crippen LogP contribution in [0.5, 0.6) is 0 Å². The van der Waals surface area contributed by atoms with Crippen LogP contribution in [0.15, 0.2) is 60.7 Å². The summed E-state index contributed by atoms with van der Waals surface area (Å²) in [5.74, 6) is -2.97. The second kappa shape index (κ2) is 15.1. The van der Waals surface area contributed by atoms with Gasteiger partial charge in [-0.2, -0.15) is 0 Å². The zero-order chi connectivity index (χ0) is 29.1. The molecule has 40 heavy (non-hydrogen) atoms. The Hall–Kier alpha value is -3.76. The van der Waals surface area contributed by atoms with Gasteiger partial charge in [-0.15, -0.1) is 0 Å². The summed E-state index contributed by atoms with van der Waals surface area (Å²) in [6.45, 7) is 0.516. The van der Waals surface area contributed by atoms with Gasteiger partial charge < -0.3 is 31.5 Å². The molecule has 2 aromatic carbocycles. The number of hydrogen-bond acceptors (Lipinski definition) is 6. The fourth-order valence-electron chi connectivity index (χ4n) is 5.22. The Kier molecular flexibility index (Phi) is 11.6. The molecule has 1 saturated heterocycles. The van der Waals surface area contributed by atoms with Crippen molar-refractivity contribution in [2.24, 2.45) is 11.5 Å². The third-order valence-electron chi connectivity index (χ3n) is 7.41. The van der Waals surface area contributed by atoms with Crippen molar-refractivity contribution >= 4 is 23.8 Å². The van der Waals surface area contributed by atoms with Crippen molar-refractivity contribution in [3.63, 3.8) is 0 Å². The van der Waals surface area contributed by atoms with E-state index in [4.69, 9.17) is 11.5 Å². The molecular formula is C30H40N4O6. The molecule has 0 aliphatic carbocycles. The summed E-state index contributed by atoms with van der Waals surface area (Å²) in [5.41, 5.74) is 14.3. The molecule has 0 radical (unpaired) electrons. The molecule has 3 rings (SSSR count). The van der Waals surface area contributed by atoms with Crippen molar-refractivity contribution in [2.75, 3.05) is 13.1 Å². The highest BCUT2D eigenvalue weighted by molar-refractivity contribution is 5.88. The molecule has 10 heteroatoms. The molecule has 1 fully saturated rings. The average molecular weight is 553 g/mol. The lowest BCUT2D eigenvalue weighted by Crippen LogP contribution is -2.52. The fourth-order valence-corrected chi connectivity index (χ4v) is 5.22. The first-order chi connectivity index (χ1) is 19.2. The maximum Gasteiger partial charge on any atom is 0.326 e. The van der Waals surface area contributed by atoms with Gasteiger partial charge in [0.2, 0.25) is 11.8 Å². The number of nitrogens with two attached hydrogens (primary N) is 2. The minimum Gasteiger partial charge on any atom is -0.480 e. The van der Waals surface area contributed by atoms with Gasteiger partial charge in [-0.25, -0.2) is 9.59 Å². The van der Waals surface area contributed by atoms with E-state index in [1.807, 2.05) is 60.7 Å². The van der Waals surface area contributed by atoms with Crippen LogP contribution in [0.3, 0.4) is 0 Å². The summed E-state index contributed by atoms with van der Waals surface area (Å²) in [6, 6.07) is 15.1. The largest absolute Gasteiger partial charge is 0.480 e. The quantitative estimate of drug-likeness (QED) is 0.244. The van der Waals surface area contributed by atoms with Crippen LogP contribution in [0.4, 0.5) is 0 Å². The lowest BCUT2D eigenvalue weighted by atomic mass is 10.0. The number of rotatable bonds is 15. The lowest BCUT2D eigenvalue weighted by Gasteiger charge is -2.31. The predicted molar refractivity (Wildman–Crippen MR) is 150 cm³/mol. The van der Waals surface area contributed by atoms with Crippen LogP contribution < -0.4 is 11.5 Å².